The third-order valence-corrected chi connectivity index (χ3v) is 8.05. The number of benzene rings is 1. The Bertz CT molecular complexity index is 1430. The summed E-state index contributed by atoms with van der Waals surface area (Å²) in [5, 5.41) is 0.579. The first-order valence-corrected chi connectivity index (χ1v) is 12.9. The normalized spacial score (nSPS) is 18.3. The number of aryl methyl sites for hydroxylation is 1. The zero-order chi connectivity index (χ0) is 24.7. The van der Waals surface area contributed by atoms with Crippen molar-refractivity contribution in [1.82, 2.24) is 19.2 Å². The Morgan fingerprint density at radius 2 is 1.86 bits per heavy atom. The van der Waals surface area contributed by atoms with E-state index in [1.165, 1.54) is 16.7 Å². The van der Waals surface area contributed by atoms with Crippen LogP contribution in [-0.4, -0.2) is 62.6 Å². The van der Waals surface area contributed by atoms with Crippen LogP contribution in [0.1, 0.15) is 16.7 Å². The van der Waals surface area contributed by atoms with E-state index < -0.39 is 0 Å². The number of pyridine rings is 1. The monoisotopic (exact) mass is 525 g/mol. The SMILES string of the molecule is Cc1cccn2c(=O)c(/C=C3\SC(=S)N(Cc4ccccc4Cl)C3=O)c(N3CCN(C)CC3)nc12. The second kappa shape index (κ2) is 9.73. The number of aromatic nitrogens is 2. The maximum Gasteiger partial charge on any atom is 0.267 e. The lowest BCUT2D eigenvalue weighted by atomic mass is 10.2. The largest absolute Gasteiger partial charge is 0.353 e. The summed E-state index contributed by atoms with van der Waals surface area (Å²) >= 11 is 13.0. The fraction of sp³-hybridized carbons (Fsp3) is 0.280. The van der Waals surface area contributed by atoms with Crippen molar-refractivity contribution in [3.8, 4) is 0 Å². The lowest BCUT2D eigenvalue weighted by Gasteiger charge is -2.34. The third-order valence-electron chi connectivity index (χ3n) is 6.30. The van der Waals surface area contributed by atoms with Gasteiger partial charge in [-0.05, 0) is 43.3 Å². The van der Waals surface area contributed by atoms with E-state index in [-0.39, 0.29) is 18.0 Å². The number of thiocarbonyl (C=S) groups is 1. The number of thioether (sulfide) groups is 1. The third kappa shape index (κ3) is 4.61. The minimum atomic E-state index is -0.238. The van der Waals surface area contributed by atoms with Crippen LogP contribution in [0.4, 0.5) is 5.82 Å². The predicted molar refractivity (Wildman–Crippen MR) is 146 cm³/mol. The molecule has 2 fully saturated rings. The molecule has 0 N–H and O–H groups in total. The van der Waals surface area contributed by atoms with Crippen molar-refractivity contribution in [2.24, 2.45) is 0 Å². The number of amides is 1. The smallest absolute Gasteiger partial charge is 0.267 e. The lowest BCUT2D eigenvalue weighted by Crippen LogP contribution is -2.45. The molecule has 10 heteroatoms. The van der Waals surface area contributed by atoms with E-state index in [4.69, 9.17) is 28.8 Å². The van der Waals surface area contributed by atoms with E-state index in [0.717, 1.165) is 37.3 Å². The van der Waals surface area contributed by atoms with Gasteiger partial charge in [0.1, 0.15) is 15.8 Å². The molecule has 0 aliphatic carbocycles. The molecule has 2 aliphatic heterocycles. The van der Waals surface area contributed by atoms with Gasteiger partial charge in [0.25, 0.3) is 11.5 Å². The first-order chi connectivity index (χ1) is 16.8. The van der Waals surface area contributed by atoms with Crippen LogP contribution in [0.15, 0.2) is 52.3 Å². The molecule has 0 saturated carbocycles. The van der Waals surface area contributed by atoms with Crippen molar-refractivity contribution in [2.45, 2.75) is 13.5 Å². The number of carbonyl (C=O) groups is 1. The molecule has 2 aromatic heterocycles. The van der Waals surface area contributed by atoms with Gasteiger partial charge in [0.15, 0.2) is 0 Å². The van der Waals surface area contributed by atoms with Gasteiger partial charge < -0.3 is 9.80 Å². The van der Waals surface area contributed by atoms with Gasteiger partial charge in [-0.25, -0.2) is 4.98 Å². The molecule has 1 aromatic carbocycles. The van der Waals surface area contributed by atoms with E-state index in [1.807, 2.05) is 37.3 Å². The zero-order valence-electron chi connectivity index (χ0n) is 19.4. The number of carbonyl (C=O) groups excluding carboxylic acids is 1. The maximum absolute atomic E-state index is 13.7. The minimum Gasteiger partial charge on any atom is -0.353 e. The van der Waals surface area contributed by atoms with E-state index in [9.17, 15) is 9.59 Å². The zero-order valence-corrected chi connectivity index (χ0v) is 21.8. The maximum atomic E-state index is 13.7. The van der Waals surface area contributed by atoms with E-state index >= 15 is 0 Å². The van der Waals surface area contributed by atoms with Crippen LogP contribution in [0.3, 0.4) is 0 Å². The summed E-state index contributed by atoms with van der Waals surface area (Å²) in [6.07, 6.45) is 3.37. The Kier molecular flexibility index (Phi) is 6.67. The summed E-state index contributed by atoms with van der Waals surface area (Å²) < 4.78 is 1.98. The highest BCUT2D eigenvalue weighted by Gasteiger charge is 2.33. The molecular formula is C25H24ClN5O2S2. The fourth-order valence-corrected chi connectivity index (χ4v) is 5.68. The molecular weight excluding hydrogens is 502 g/mol. The molecule has 3 aromatic rings. The topological polar surface area (TPSA) is 61.2 Å². The Labute approximate surface area is 218 Å². The molecule has 180 valence electrons. The second-order valence-corrected chi connectivity index (χ2v) is 10.8. The van der Waals surface area contributed by atoms with Crippen LogP contribution >= 0.6 is 35.6 Å². The van der Waals surface area contributed by atoms with Crippen LogP contribution in [-0.2, 0) is 11.3 Å². The molecule has 35 heavy (non-hydrogen) atoms. The first kappa shape index (κ1) is 24.0. The van der Waals surface area contributed by atoms with E-state index in [2.05, 4.69) is 16.8 Å². The summed E-state index contributed by atoms with van der Waals surface area (Å²) in [6, 6.07) is 11.1. The molecule has 2 saturated heterocycles. The van der Waals surface area contributed by atoms with Gasteiger partial charge in [-0.2, -0.15) is 0 Å². The standard InChI is InChI=1S/C25H24ClN5O2S2/c1-16-6-5-9-30-21(16)27-22(29-12-10-28(2)11-13-29)18(23(30)32)14-20-24(33)31(25(34)35-20)15-17-7-3-4-8-19(17)26/h3-9,14H,10-13,15H2,1-2H3/b20-14-. The highest BCUT2D eigenvalue weighted by Crippen LogP contribution is 2.35. The van der Waals surface area contributed by atoms with Crippen LogP contribution in [0.5, 0.6) is 0 Å². The van der Waals surface area contributed by atoms with Gasteiger partial charge in [-0.1, -0.05) is 59.8 Å². The Morgan fingerprint density at radius 3 is 2.60 bits per heavy atom. The van der Waals surface area contributed by atoms with Gasteiger partial charge in [-0.15, -0.1) is 0 Å². The Hall–Kier alpha value is -2.72. The van der Waals surface area contributed by atoms with E-state index in [1.54, 1.807) is 22.7 Å². The molecule has 0 radical (unpaired) electrons. The summed E-state index contributed by atoms with van der Waals surface area (Å²) in [5.74, 6) is 0.367. The average molecular weight is 526 g/mol. The fourth-order valence-electron chi connectivity index (χ4n) is 4.25. The number of likely N-dealkylation sites (N-methyl/N-ethyl adjacent to an activating group) is 1. The summed E-state index contributed by atoms with van der Waals surface area (Å²) in [4.78, 5) is 38.2. The molecule has 0 atom stereocenters. The summed E-state index contributed by atoms with van der Waals surface area (Å²) in [5.41, 5.74) is 2.54. The number of nitrogens with zero attached hydrogens (tertiary/aromatic N) is 5. The number of halogens is 1. The molecule has 1 amide bonds. The average Bonchev–Trinajstić information content (AvgIpc) is 3.10. The number of hydrogen-bond acceptors (Lipinski definition) is 7. The number of piperazine rings is 1. The van der Waals surface area contributed by atoms with E-state index in [0.29, 0.717) is 31.3 Å². The summed E-state index contributed by atoms with van der Waals surface area (Å²) in [6.45, 7) is 5.46. The van der Waals surface area contributed by atoms with Gasteiger partial charge in [0, 0.05) is 37.4 Å². The number of hydrogen-bond donors (Lipinski definition) is 0. The van der Waals surface area contributed by atoms with Crippen LogP contribution in [0, 0.1) is 6.92 Å². The van der Waals surface area contributed by atoms with Gasteiger partial charge in [0.2, 0.25) is 0 Å². The van der Waals surface area contributed by atoms with Crippen molar-refractivity contribution in [1.29, 1.82) is 0 Å². The first-order valence-electron chi connectivity index (χ1n) is 11.3. The number of fused-ring (bicyclic) bond motifs is 1. The van der Waals surface area contributed by atoms with Gasteiger partial charge >= 0.3 is 0 Å². The van der Waals surface area contributed by atoms with Crippen LogP contribution < -0.4 is 10.5 Å². The van der Waals surface area contributed by atoms with Crippen LogP contribution in [0.25, 0.3) is 11.7 Å². The van der Waals surface area contributed by atoms with Gasteiger partial charge in [-0.3, -0.25) is 18.9 Å². The number of rotatable bonds is 4. The predicted octanol–water partition coefficient (Wildman–Crippen LogP) is 3.81. The molecule has 0 bridgehead atoms. The lowest BCUT2D eigenvalue weighted by molar-refractivity contribution is -0.122. The molecule has 5 rings (SSSR count). The Morgan fingerprint density at radius 1 is 1.11 bits per heavy atom. The van der Waals surface area contributed by atoms with Crippen molar-refractivity contribution in [3.63, 3.8) is 0 Å². The van der Waals surface area contributed by atoms with Crippen molar-refractivity contribution >= 4 is 63.3 Å². The molecule has 4 heterocycles. The Balaban J connectivity index is 1.58. The quantitative estimate of drug-likeness (QED) is 0.379. The molecule has 2 aliphatic rings. The number of anilines is 1. The molecule has 0 unspecified atom stereocenters. The highest BCUT2D eigenvalue weighted by atomic mass is 35.5. The summed E-state index contributed by atoms with van der Waals surface area (Å²) in [7, 11) is 2.08. The molecule has 0 spiro atoms. The second-order valence-electron chi connectivity index (χ2n) is 8.69. The van der Waals surface area contributed by atoms with Crippen molar-refractivity contribution in [2.75, 3.05) is 38.1 Å². The van der Waals surface area contributed by atoms with Crippen molar-refractivity contribution in [3.05, 3.63) is 79.6 Å². The molecule has 7 nitrogen and oxygen atoms in total. The van der Waals surface area contributed by atoms with Crippen molar-refractivity contribution < 1.29 is 4.79 Å². The minimum absolute atomic E-state index is 0.205. The van der Waals surface area contributed by atoms with Gasteiger partial charge in [0.05, 0.1) is 17.0 Å². The highest BCUT2D eigenvalue weighted by molar-refractivity contribution is 8.26. The van der Waals surface area contributed by atoms with Crippen LogP contribution in [0.2, 0.25) is 5.02 Å².